The van der Waals surface area contributed by atoms with Crippen molar-refractivity contribution in [2.24, 2.45) is 0 Å². The fraction of sp³-hybridized carbons (Fsp3) is 0.286. The lowest BCUT2D eigenvalue weighted by atomic mass is 10.1. The molecule has 3 aromatic rings. The number of halogens is 2. The van der Waals surface area contributed by atoms with Crippen LogP contribution in [0.25, 0.3) is 16.6 Å². The number of benzene rings is 1. The molecule has 0 saturated carbocycles. The van der Waals surface area contributed by atoms with Gasteiger partial charge in [0.15, 0.2) is 6.04 Å². The molecule has 3 heterocycles. The highest BCUT2D eigenvalue weighted by atomic mass is 35.5. The van der Waals surface area contributed by atoms with Crippen molar-refractivity contribution in [2.75, 3.05) is 25.1 Å². The van der Waals surface area contributed by atoms with Gasteiger partial charge in [-0.25, -0.2) is 19.6 Å². The van der Waals surface area contributed by atoms with Gasteiger partial charge in [-0.15, -0.1) is 0 Å². The molecular formula is C21H19Cl2N5O6. The summed E-state index contributed by atoms with van der Waals surface area (Å²) in [6, 6.07) is 3.92. The summed E-state index contributed by atoms with van der Waals surface area (Å²) in [5.41, 5.74) is 1.06. The topological polar surface area (TPSA) is 136 Å². The van der Waals surface area contributed by atoms with Crippen molar-refractivity contribution in [3.8, 4) is 5.69 Å². The van der Waals surface area contributed by atoms with Crippen LogP contribution in [0.4, 0.5) is 10.6 Å². The second kappa shape index (κ2) is 9.74. The lowest BCUT2D eigenvalue weighted by Gasteiger charge is -2.26. The Hall–Kier alpha value is -3.57. The highest BCUT2D eigenvalue weighted by Gasteiger charge is 2.43. The number of esters is 1. The van der Waals surface area contributed by atoms with E-state index in [-0.39, 0.29) is 18.0 Å². The van der Waals surface area contributed by atoms with Crippen LogP contribution in [0.15, 0.2) is 36.9 Å². The van der Waals surface area contributed by atoms with Crippen molar-refractivity contribution < 1.29 is 29.0 Å². The number of pyridine rings is 1. The number of alkyl carbamates (subject to hydrolysis) is 1. The van der Waals surface area contributed by atoms with Gasteiger partial charge in [0.25, 0.3) is 0 Å². The number of hydrogen-bond donors (Lipinski definition) is 2. The maximum atomic E-state index is 12.2. The van der Waals surface area contributed by atoms with Crippen molar-refractivity contribution in [1.82, 2.24) is 19.9 Å². The van der Waals surface area contributed by atoms with E-state index in [0.29, 0.717) is 27.4 Å². The number of fused-ring (bicyclic) bond motifs is 1. The molecule has 178 valence electrons. The Balaban J connectivity index is 1.69. The van der Waals surface area contributed by atoms with Gasteiger partial charge in [0.1, 0.15) is 18.5 Å². The predicted octanol–water partition coefficient (Wildman–Crippen LogP) is 2.66. The monoisotopic (exact) mass is 507 g/mol. The van der Waals surface area contributed by atoms with E-state index in [9.17, 15) is 19.5 Å². The van der Waals surface area contributed by atoms with Crippen LogP contribution in [0, 0.1) is 0 Å². The number of ether oxygens (including phenoxy) is 2. The Morgan fingerprint density at radius 1 is 1.29 bits per heavy atom. The number of amides is 1. The largest absolute Gasteiger partial charge is 0.480 e. The zero-order valence-corrected chi connectivity index (χ0v) is 19.3. The molecular weight excluding hydrogens is 489 g/mol. The molecule has 2 aromatic heterocycles. The number of nitrogens with one attached hydrogen (secondary N) is 1. The third-order valence-electron chi connectivity index (χ3n) is 5.37. The van der Waals surface area contributed by atoms with Crippen LogP contribution in [0.5, 0.6) is 0 Å². The first-order valence-corrected chi connectivity index (χ1v) is 10.8. The number of rotatable bonds is 6. The number of methoxy groups -OCH3 is 1. The van der Waals surface area contributed by atoms with Gasteiger partial charge in [-0.3, -0.25) is 4.79 Å². The van der Waals surface area contributed by atoms with Gasteiger partial charge in [0.05, 0.1) is 34.7 Å². The van der Waals surface area contributed by atoms with E-state index in [1.54, 1.807) is 41.5 Å². The van der Waals surface area contributed by atoms with Crippen LogP contribution in [-0.4, -0.2) is 70.0 Å². The highest BCUT2D eigenvalue weighted by Crippen LogP contribution is 2.36. The molecule has 1 amide bonds. The lowest BCUT2D eigenvalue weighted by Crippen LogP contribution is -2.45. The van der Waals surface area contributed by atoms with Gasteiger partial charge in [0.2, 0.25) is 0 Å². The number of nitrogens with zero attached hydrogens (tertiary/aromatic N) is 4. The van der Waals surface area contributed by atoms with Crippen LogP contribution in [0.2, 0.25) is 10.0 Å². The molecule has 1 saturated heterocycles. The van der Waals surface area contributed by atoms with Crippen LogP contribution >= 0.6 is 23.2 Å². The molecule has 4 rings (SSSR count). The second-order valence-corrected chi connectivity index (χ2v) is 8.15. The Kier molecular flexibility index (Phi) is 6.75. The molecule has 1 aliphatic rings. The van der Waals surface area contributed by atoms with Crippen LogP contribution in [0.3, 0.4) is 0 Å². The van der Waals surface area contributed by atoms with E-state index in [1.165, 1.54) is 12.0 Å². The SMILES string of the molecule is COC(=O)CNC(=O)O[C@@H]1CCN(c2cc(-n3ccnc3)c3ccc(Cl)c(Cl)c3n2)[C@@H]1C(=O)O. The normalized spacial score (nSPS) is 17.6. The smallest absolute Gasteiger partial charge is 0.407 e. The fourth-order valence-electron chi connectivity index (χ4n) is 3.80. The number of anilines is 1. The quantitative estimate of drug-likeness (QED) is 0.482. The van der Waals surface area contributed by atoms with E-state index in [2.05, 4.69) is 20.0 Å². The lowest BCUT2D eigenvalue weighted by molar-refractivity contribution is -0.141. The number of carboxylic acid groups (broad SMARTS) is 1. The summed E-state index contributed by atoms with van der Waals surface area (Å²) in [4.78, 5) is 45.7. The third kappa shape index (κ3) is 4.57. The van der Waals surface area contributed by atoms with Gasteiger partial charge in [-0.2, -0.15) is 0 Å². The molecule has 11 nitrogen and oxygen atoms in total. The third-order valence-corrected chi connectivity index (χ3v) is 6.17. The van der Waals surface area contributed by atoms with E-state index in [1.807, 2.05) is 0 Å². The van der Waals surface area contributed by atoms with Crippen LogP contribution < -0.4 is 10.2 Å². The molecule has 0 bridgehead atoms. The summed E-state index contributed by atoms with van der Waals surface area (Å²) < 4.78 is 11.5. The summed E-state index contributed by atoms with van der Waals surface area (Å²) in [7, 11) is 1.18. The number of carbonyl (C=O) groups excluding carboxylic acids is 2. The first-order chi connectivity index (χ1) is 16.3. The number of aromatic nitrogens is 3. The predicted molar refractivity (Wildman–Crippen MR) is 123 cm³/mol. The van der Waals surface area contributed by atoms with Gasteiger partial charge >= 0.3 is 18.0 Å². The summed E-state index contributed by atoms with van der Waals surface area (Å²) in [6.45, 7) is -0.158. The van der Waals surface area contributed by atoms with Crippen molar-refractivity contribution in [2.45, 2.75) is 18.6 Å². The molecule has 1 aromatic carbocycles. The number of carbonyl (C=O) groups is 3. The fourth-order valence-corrected chi connectivity index (χ4v) is 4.16. The van der Waals surface area contributed by atoms with Crippen molar-refractivity contribution >= 4 is 58.0 Å². The molecule has 2 N–H and O–H groups in total. The molecule has 1 aliphatic heterocycles. The molecule has 2 atom stereocenters. The van der Waals surface area contributed by atoms with E-state index >= 15 is 0 Å². The average Bonchev–Trinajstić information content (AvgIpc) is 3.49. The standard InChI is InChI=1S/C21H19Cl2N5O6/c1-33-16(29)9-25-21(32)34-14-4-6-28(19(14)20(30)31)15-8-13(27-7-5-24-10-27)11-2-3-12(22)17(23)18(11)26-15/h2-3,5,7-8,10,14,19H,4,6,9H2,1H3,(H,25,32)(H,30,31)/t14-,19+/m1/s1. The maximum absolute atomic E-state index is 12.2. The highest BCUT2D eigenvalue weighted by molar-refractivity contribution is 6.45. The molecule has 0 radical (unpaired) electrons. The second-order valence-electron chi connectivity index (χ2n) is 7.37. The Bertz CT molecular complexity index is 1250. The molecule has 0 aliphatic carbocycles. The first kappa shape index (κ1) is 23.6. The van der Waals surface area contributed by atoms with Crippen molar-refractivity contribution in [3.05, 3.63) is 47.0 Å². The molecule has 0 unspecified atom stereocenters. The molecule has 1 fully saturated rings. The van der Waals surface area contributed by atoms with Gasteiger partial charge in [0, 0.05) is 36.8 Å². The zero-order chi connectivity index (χ0) is 24.4. The number of carboxylic acids is 1. The summed E-state index contributed by atoms with van der Waals surface area (Å²) in [5.74, 6) is -1.55. The molecule has 13 heteroatoms. The molecule has 34 heavy (non-hydrogen) atoms. The van der Waals surface area contributed by atoms with Gasteiger partial charge < -0.3 is 29.4 Å². The van der Waals surface area contributed by atoms with Crippen LogP contribution in [-0.2, 0) is 19.1 Å². The van der Waals surface area contributed by atoms with Gasteiger partial charge in [-0.1, -0.05) is 23.2 Å². The van der Waals surface area contributed by atoms with E-state index in [4.69, 9.17) is 27.9 Å². The maximum Gasteiger partial charge on any atom is 0.407 e. The minimum Gasteiger partial charge on any atom is -0.480 e. The minimum absolute atomic E-state index is 0.225. The summed E-state index contributed by atoms with van der Waals surface area (Å²) in [5, 5.41) is 13.4. The Morgan fingerprint density at radius 2 is 2.09 bits per heavy atom. The number of imidazole rings is 1. The molecule has 0 spiro atoms. The first-order valence-electron chi connectivity index (χ1n) is 10.1. The van der Waals surface area contributed by atoms with Crippen LogP contribution in [0.1, 0.15) is 6.42 Å². The van der Waals surface area contributed by atoms with E-state index < -0.39 is 36.7 Å². The van der Waals surface area contributed by atoms with Crippen molar-refractivity contribution in [3.63, 3.8) is 0 Å². The van der Waals surface area contributed by atoms with E-state index in [0.717, 1.165) is 0 Å². The minimum atomic E-state index is -1.22. The summed E-state index contributed by atoms with van der Waals surface area (Å²) >= 11 is 12.6. The Labute approximate surface area is 203 Å². The Morgan fingerprint density at radius 3 is 2.76 bits per heavy atom. The summed E-state index contributed by atoms with van der Waals surface area (Å²) in [6.07, 6.45) is 3.25. The number of aliphatic carboxylic acids is 1. The van der Waals surface area contributed by atoms with Crippen molar-refractivity contribution in [1.29, 1.82) is 0 Å². The average molecular weight is 508 g/mol. The zero-order valence-electron chi connectivity index (χ0n) is 17.8. The van der Waals surface area contributed by atoms with Gasteiger partial charge in [-0.05, 0) is 12.1 Å². The number of hydrogen-bond acceptors (Lipinski definition) is 8.